The fraction of sp³-hybridized carbons (Fsp3) is 0.391. The lowest BCUT2D eigenvalue weighted by molar-refractivity contribution is -0.148. The number of carbonyl (C=O) groups is 1. The zero-order chi connectivity index (χ0) is 22.2. The number of hydrogen-bond donors (Lipinski definition) is 1. The highest BCUT2D eigenvalue weighted by Gasteiger charge is 2.32. The highest BCUT2D eigenvalue weighted by molar-refractivity contribution is 6.03. The van der Waals surface area contributed by atoms with Crippen LogP contribution in [0.5, 0.6) is 17.2 Å². The zero-order valence-electron chi connectivity index (χ0n) is 17.9. The van der Waals surface area contributed by atoms with Crippen LogP contribution in [0.1, 0.15) is 19.4 Å². The molecule has 1 fully saturated rings. The number of methoxy groups -OCH3 is 1. The maximum atomic E-state index is 14.1. The molecule has 0 atom stereocenters. The van der Waals surface area contributed by atoms with E-state index in [2.05, 4.69) is 9.80 Å². The third kappa shape index (κ3) is 4.34. The van der Waals surface area contributed by atoms with Crippen LogP contribution in [0.4, 0.5) is 10.1 Å². The molecule has 0 bridgehead atoms. The Bertz CT molecular complexity index is 1030. The van der Waals surface area contributed by atoms with E-state index >= 15 is 0 Å². The number of aliphatic carboxylic acids is 1. The van der Waals surface area contributed by atoms with Gasteiger partial charge in [-0.1, -0.05) is 0 Å². The molecule has 7 nitrogen and oxygen atoms in total. The number of aliphatic imine (C=N–C) groups is 1. The maximum absolute atomic E-state index is 14.1. The number of carboxylic acid groups (broad SMARTS) is 1. The lowest BCUT2D eigenvalue weighted by Gasteiger charge is -2.38. The molecule has 1 saturated heterocycles. The van der Waals surface area contributed by atoms with Crippen molar-refractivity contribution in [3.05, 3.63) is 47.8 Å². The Morgan fingerprint density at radius 1 is 1.16 bits per heavy atom. The summed E-state index contributed by atoms with van der Waals surface area (Å²) >= 11 is 0. The molecular weight excluding hydrogens is 401 g/mol. The molecule has 2 heterocycles. The van der Waals surface area contributed by atoms with E-state index in [4.69, 9.17) is 14.5 Å². The summed E-state index contributed by atoms with van der Waals surface area (Å²) in [4.78, 5) is 20.5. The van der Waals surface area contributed by atoms with Gasteiger partial charge in [-0.2, -0.15) is 0 Å². The minimum absolute atomic E-state index is 0.361. The quantitative estimate of drug-likeness (QED) is 0.801. The molecular formula is C23H26FN3O4. The van der Waals surface area contributed by atoms with Crippen molar-refractivity contribution in [2.24, 2.45) is 10.4 Å². The van der Waals surface area contributed by atoms with Gasteiger partial charge in [0.05, 0.1) is 18.1 Å². The fourth-order valence-corrected chi connectivity index (χ4v) is 3.84. The predicted octanol–water partition coefficient (Wildman–Crippen LogP) is 3.75. The number of nitrogens with zero attached hydrogens (tertiary/aromatic N) is 3. The Balaban J connectivity index is 1.64. The summed E-state index contributed by atoms with van der Waals surface area (Å²) in [5.41, 5.74) is 0.385. The number of fused-ring (bicyclic) bond motifs is 2. The predicted molar refractivity (Wildman–Crippen MR) is 115 cm³/mol. The summed E-state index contributed by atoms with van der Waals surface area (Å²) < 4.78 is 25.5. The van der Waals surface area contributed by atoms with Crippen molar-refractivity contribution in [2.75, 3.05) is 39.8 Å². The van der Waals surface area contributed by atoms with Crippen molar-refractivity contribution in [3.8, 4) is 17.2 Å². The van der Waals surface area contributed by atoms with E-state index in [0.717, 1.165) is 0 Å². The first-order chi connectivity index (χ1) is 14.8. The van der Waals surface area contributed by atoms with Crippen LogP contribution in [-0.2, 0) is 4.79 Å². The van der Waals surface area contributed by atoms with Gasteiger partial charge in [0.2, 0.25) is 0 Å². The molecule has 0 radical (unpaired) electrons. The van der Waals surface area contributed by atoms with Gasteiger partial charge in [0.1, 0.15) is 28.8 Å². The van der Waals surface area contributed by atoms with Crippen LogP contribution in [0.25, 0.3) is 0 Å². The number of hydrogen-bond acceptors (Lipinski definition) is 6. The SMILES string of the molecule is COc1ccc2c(c1)N=C(N1CCN(CC(C)(C)C(=O)O)CC1)c1cc(F)ccc1O2. The molecule has 0 aliphatic carbocycles. The lowest BCUT2D eigenvalue weighted by Crippen LogP contribution is -2.52. The Hall–Kier alpha value is -3.13. The summed E-state index contributed by atoms with van der Waals surface area (Å²) in [5.74, 6) is 1.24. The minimum atomic E-state index is -0.818. The van der Waals surface area contributed by atoms with Crippen LogP contribution in [-0.4, -0.2) is 66.5 Å². The van der Waals surface area contributed by atoms with Crippen molar-refractivity contribution in [1.29, 1.82) is 0 Å². The van der Waals surface area contributed by atoms with Gasteiger partial charge in [0.25, 0.3) is 0 Å². The number of ether oxygens (including phenoxy) is 2. The van der Waals surface area contributed by atoms with Gasteiger partial charge in [-0.25, -0.2) is 9.38 Å². The Kier molecular flexibility index (Phi) is 5.58. The molecule has 8 heteroatoms. The van der Waals surface area contributed by atoms with Crippen LogP contribution in [0, 0.1) is 11.2 Å². The maximum Gasteiger partial charge on any atom is 0.310 e. The van der Waals surface area contributed by atoms with E-state index < -0.39 is 11.4 Å². The molecule has 2 aliphatic heterocycles. The molecule has 0 aromatic heterocycles. The van der Waals surface area contributed by atoms with Gasteiger partial charge < -0.3 is 19.5 Å². The number of halogens is 1. The van der Waals surface area contributed by atoms with E-state index in [-0.39, 0.29) is 5.82 Å². The molecule has 31 heavy (non-hydrogen) atoms. The van der Waals surface area contributed by atoms with Gasteiger partial charge in [0.15, 0.2) is 5.75 Å². The number of amidine groups is 1. The van der Waals surface area contributed by atoms with Crippen LogP contribution < -0.4 is 9.47 Å². The van der Waals surface area contributed by atoms with E-state index in [9.17, 15) is 14.3 Å². The fourth-order valence-electron chi connectivity index (χ4n) is 3.84. The number of carboxylic acids is 1. The molecule has 1 N–H and O–H groups in total. The van der Waals surface area contributed by atoms with Crippen LogP contribution in [0.2, 0.25) is 0 Å². The van der Waals surface area contributed by atoms with E-state index in [1.807, 2.05) is 0 Å². The normalized spacial score (nSPS) is 16.5. The van der Waals surface area contributed by atoms with Crippen LogP contribution in [0.3, 0.4) is 0 Å². The van der Waals surface area contributed by atoms with Gasteiger partial charge in [0, 0.05) is 38.8 Å². The highest BCUT2D eigenvalue weighted by Crippen LogP contribution is 2.40. The number of rotatable bonds is 4. The molecule has 2 aromatic carbocycles. The van der Waals surface area contributed by atoms with Crippen molar-refractivity contribution in [1.82, 2.24) is 9.80 Å². The average molecular weight is 427 g/mol. The first-order valence-electron chi connectivity index (χ1n) is 10.2. The molecule has 2 aliphatic rings. The third-order valence-corrected chi connectivity index (χ3v) is 5.66. The second-order valence-corrected chi connectivity index (χ2v) is 8.46. The molecule has 0 spiro atoms. The van der Waals surface area contributed by atoms with Crippen LogP contribution in [0.15, 0.2) is 41.4 Å². The highest BCUT2D eigenvalue weighted by atomic mass is 19.1. The topological polar surface area (TPSA) is 74.6 Å². The van der Waals surface area contributed by atoms with Crippen LogP contribution >= 0.6 is 0 Å². The minimum Gasteiger partial charge on any atom is -0.497 e. The average Bonchev–Trinajstić information content (AvgIpc) is 2.90. The van der Waals surface area contributed by atoms with E-state index in [1.165, 1.54) is 12.1 Å². The van der Waals surface area contributed by atoms with E-state index in [1.54, 1.807) is 45.2 Å². The summed E-state index contributed by atoms with van der Waals surface area (Å²) in [7, 11) is 1.59. The van der Waals surface area contributed by atoms with Crippen molar-refractivity contribution >= 4 is 17.5 Å². The Labute approximate surface area is 180 Å². The number of benzene rings is 2. The molecule has 0 amide bonds. The van der Waals surface area contributed by atoms with Crippen molar-refractivity contribution in [3.63, 3.8) is 0 Å². The van der Waals surface area contributed by atoms with Gasteiger partial charge in [-0.3, -0.25) is 9.69 Å². The number of piperazine rings is 1. The second-order valence-electron chi connectivity index (χ2n) is 8.46. The van der Waals surface area contributed by atoms with Gasteiger partial charge in [-0.15, -0.1) is 0 Å². The van der Waals surface area contributed by atoms with E-state index in [0.29, 0.717) is 67.1 Å². The van der Waals surface area contributed by atoms with Crippen molar-refractivity contribution < 1.29 is 23.8 Å². The molecule has 4 rings (SSSR count). The Morgan fingerprint density at radius 2 is 1.87 bits per heavy atom. The Morgan fingerprint density at radius 3 is 2.55 bits per heavy atom. The molecule has 164 valence electrons. The largest absolute Gasteiger partial charge is 0.497 e. The first-order valence-corrected chi connectivity index (χ1v) is 10.2. The second kappa shape index (κ2) is 8.19. The van der Waals surface area contributed by atoms with Crippen molar-refractivity contribution in [2.45, 2.75) is 13.8 Å². The van der Waals surface area contributed by atoms with Gasteiger partial charge in [-0.05, 0) is 44.2 Å². The monoisotopic (exact) mass is 427 g/mol. The third-order valence-electron chi connectivity index (χ3n) is 5.66. The first kappa shape index (κ1) is 21.1. The molecule has 0 unspecified atom stereocenters. The summed E-state index contributed by atoms with van der Waals surface area (Å²) in [6.45, 7) is 6.60. The summed E-state index contributed by atoms with van der Waals surface area (Å²) in [5, 5.41) is 9.41. The zero-order valence-corrected chi connectivity index (χ0v) is 17.9. The van der Waals surface area contributed by atoms with Gasteiger partial charge >= 0.3 is 5.97 Å². The standard InChI is InChI=1S/C23H26FN3O4/c1-23(2,22(28)29)14-26-8-10-27(11-9-26)21-17-12-15(24)4-6-19(17)31-20-7-5-16(30-3)13-18(20)25-21/h4-7,12-13H,8-11,14H2,1-3H3,(H,28,29). The molecule has 0 saturated carbocycles. The summed E-state index contributed by atoms with van der Waals surface area (Å²) in [6.07, 6.45) is 0. The lowest BCUT2D eigenvalue weighted by atomic mass is 9.93. The molecule has 2 aromatic rings. The smallest absolute Gasteiger partial charge is 0.310 e. The summed E-state index contributed by atoms with van der Waals surface area (Å²) in [6, 6.07) is 9.81.